The molecule has 0 aromatic rings. The quantitative estimate of drug-likeness (QED) is 0.258. The van der Waals surface area contributed by atoms with E-state index in [4.69, 9.17) is 19.2 Å². The predicted octanol–water partition coefficient (Wildman–Crippen LogP) is 5.49. The van der Waals surface area contributed by atoms with E-state index in [2.05, 4.69) is 32.8 Å². The minimum Gasteiger partial charge on any atom is -0.306 e. The average molecular weight is 382 g/mol. The lowest BCUT2D eigenvalue weighted by atomic mass is 10.0. The summed E-state index contributed by atoms with van der Waals surface area (Å²) >= 11 is 0. The van der Waals surface area contributed by atoms with E-state index in [9.17, 15) is 0 Å². The number of hydrogen-bond donors (Lipinski definition) is 3. The maximum Gasteiger partial charge on any atom is 0.466 e. The number of nitrogens with zero attached hydrogens (tertiary/aromatic N) is 1. The molecule has 0 radical (unpaired) electrons. The third-order valence-corrected chi connectivity index (χ3v) is 4.51. The van der Waals surface area contributed by atoms with Crippen LogP contribution >= 0.6 is 7.82 Å². The molecule has 25 heavy (non-hydrogen) atoms. The fourth-order valence-corrected chi connectivity index (χ4v) is 2.97. The van der Waals surface area contributed by atoms with Crippen LogP contribution in [0, 0.1) is 0 Å². The molecule has 0 spiro atoms. The molecule has 0 heterocycles. The molecule has 0 saturated carbocycles. The SMILES string of the molecule is CCCCCCCCCCCCC(CCCC)N(C)C.O=P(O)(O)O. The summed E-state index contributed by atoms with van der Waals surface area (Å²) in [5.41, 5.74) is 0. The number of rotatable bonds is 15. The fourth-order valence-electron chi connectivity index (χ4n) is 2.97. The van der Waals surface area contributed by atoms with Crippen LogP contribution in [-0.4, -0.2) is 39.7 Å². The molecule has 1 unspecified atom stereocenters. The Labute approximate surface area is 156 Å². The Kier molecular flexibility index (Phi) is 20.6. The molecule has 0 aromatic heterocycles. The van der Waals surface area contributed by atoms with Crippen molar-refractivity contribution >= 4 is 7.82 Å². The highest BCUT2D eigenvalue weighted by Gasteiger charge is 2.09. The van der Waals surface area contributed by atoms with Gasteiger partial charge in [-0.15, -0.1) is 0 Å². The molecule has 0 aromatic carbocycles. The first-order chi connectivity index (χ1) is 11.7. The molecule has 154 valence electrons. The summed E-state index contributed by atoms with van der Waals surface area (Å²) in [4.78, 5) is 24.0. The lowest BCUT2D eigenvalue weighted by Gasteiger charge is -2.24. The Morgan fingerprint density at radius 2 is 1.00 bits per heavy atom. The van der Waals surface area contributed by atoms with Crippen molar-refractivity contribution in [3.63, 3.8) is 0 Å². The van der Waals surface area contributed by atoms with Gasteiger partial charge in [0.15, 0.2) is 0 Å². The summed E-state index contributed by atoms with van der Waals surface area (Å²) in [7, 11) is -0.146. The third-order valence-electron chi connectivity index (χ3n) is 4.51. The summed E-state index contributed by atoms with van der Waals surface area (Å²) in [6.45, 7) is 4.59. The van der Waals surface area contributed by atoms with Gasteiger partial charge < -0.3 is 19.6 Å². The van der Waals surface area contributed by atoms with Crippen LogP contribution in [0.5, 0.6) is 0 Å². The van der Waals surface area contributed by atoms with Gasteiger partial charge in [-0.05, 0) is 26.9 Å². The number of hydrogen-bond acceptors (Lipinski definition) is 2. The van der Waals surface area contributed by atoms with Gasteiger partial charge in [-0.3, -0.25) is 0 Å². The van der Waals surface area contributed by atoms with Gasteiger partial charge in [0.05, 0.1) is 0 Å². The number of unbranched alkanes of at least 4 members (excludes halogenated alkanes) is 10. The Morgan fingerprint density at radius 1 is 0.680 bits per heavy atom. The van der Waals surface area contributed by atoms with Crippen LogP contribution in [0.15, 0.2) is 0 Å². The standard InChI is InChI=1S/C19H41N.H3O4P/c1-5-7-9-10-11-12-13-14-15-16-18-19(20(3)4)17-8-6-2;1-5(2,3)4/h19H,5-18H2,1-4H3;(H3,1,2,3,4). The summed E-state index contributed by atoms with van der Waals surface area (Å²) in [6, 6.07) is 0.823. The van der Waals surface area contributed by atoms with Crippen LogP contribution in [-0.2, 0) is 4.57 Å². The first-order valence-electron chi connectivity index (χ1n) is 10.2. The van der Waals surface area contributed by atoms with Crippen molar-refractivity contribution in [3.8, 4) is 0 Å². The molecule has 0 fully saturated rings. The molecule has 0 rings (SSSR count). The van der Waals surface area contributed by atoms with Crippen LogP contribution in [0.1, 0.15) is 104 Å². The molecule has 0 bridgehead atoms. The third kappa shape index (κ3) is 29.1. The molecular weight excluding hydrogens is 337 g/mol. The molecule has 0 saturated heterocycles. The second kappa shape index (κ2) is 18.8. The van der Waals surface area contributed by atoms with E-state index in [1.807, 2.05) is 0 Å². The van der Waals surface area contributed by atoms with Crippen LogP contribution in [0.25, 0.3) is 0 Å². The lowest BCUT2D eigenvalue weighted by Crippen LogP contribution is -2.27. The molecule has 6 heteroatoms. The van der Waals surface area contributed by atoms with Crippen LogP contribution in [0.4, 0.5) is 0 Å². The summed E-state index contributed by atoms with van der Waals surface area (Å²) in [6.07, 6.45) is 20.0. The number of phosphoric acid groups is 1. The zero-order valence-corrected chi connectivity index (χ0v) is 18.0. The molecule has 3 N–H and O–H groups in total. The van der Waals surface area contributed by atoms with Crippen molar-refractivity contribution in [1.82, 2.24) is 4.90 Å². The fraction of sp³-hybridized carbons (Fsp3) is 1.00. The van der Waals surface area contributed by atoms with Crippen molar-refractivity contribution in [2.75, 3.05) is 14.1 Å². The monoisotopic (exact) mass is 381 g/mol. The Balaban J connectivity index is 0. The van der Waals surface area contributed by atoms with Gasteiger partial charge in [0.25, 0.3) is 0 Å². The second-order valence-corrected chi connectivity index (χ2v) is 8.27. The zero-order valence-electron chi connectivity index (χ0n) is 17.1. The summed E-state index contributed by atoms with van der Waals surface area (Å²) in [5.74, 6) is 0. The van der Waals surface area contributed by atoms with Crippen LogP contribution in [0.2, 0.25) is 0 Å². The van der Waals surface area contributed by atoms with Crippen LogP contribution in [0.3, 0.4) is 0 Å². The van der Waals surface area contributed by atoms with Gasteiger partial charge in [-0.25, -0.2) is 4.57 Å². The smallest absolute Gasteiger partial charge is 0.306 e. The van der Waals surface area contributed by atoms with E-state index in [1.165, 1.54) is 89.9 Å². The minimum absolute atomic E-state index is 0.823. The summed E-state index contributed by atoms with van der Waals surface area (Å²) < 4.78 is 8.88. The molecule has 0 aliphatic rings. The largest absolute Gasteiger partial charge is 0.466 e. The zero-order chi connectivity index (χ0) is 19.6. The van der Waals surface area contributed by atoms with Gasteiger partial charge >= 0.3 is 7.82 Å². The molecule has 0 aliphatic carbocycles. The van der Waals surface area contributed by atoms with E-state index < -0.39 is 7.82 Å². The average Bonchev–Trinajstić information content (AvgIpc) is 2.50. The van der Waals surface area contributed by atoms with E-state index >= 15 is 0 Å². The second-order valence-electron chi connectivity index (χ2n) is 7.24. The molecule has 0 aliphatic heterocycles. The maximum atomic E-state index is 8.88. The molecule has 0 amide bonds. The Hall–Kier alpha value is 0.0700. The topological polar surface area (TPSA) is 81.0 Å². The highest BCUT2D eigenvalue weighted by Crippen LogP contribution is 2.25. The first-order valence-corrected chi connectivity index (χ1v) is 11.7. The maximum absolute atomic E-state index is 8.88. The van der Waals surface area contributed by atoms with Crippen molar-refractivity contribution in [2.24, 2.45) is 0 Å². The van der Waals surface area contributed by atoms with Gasteiger partial charge in [0, 0.05) is 6.04 Å². The lowest BCUT2D eigenvalue weighted by molar-refractivity contribution is 0.253. The molecular formula is C19H44NO4P. The first kappa shape index (κ1) is 27.3. The molecule has 5 nitrogen and oxygen atoms in total. The van der Waals surface area contributed by atoms with E-state index in [-0.39, 0.29) is 0 Å². The van der Waals surface area contributed by atoms with Crippen molar-refractivity contribution in [2.45, 2.75) is 110 Å². The van der Waals surface area contributed by atoms with E-state index in [0.717, 1.165) is 6.04 Å². The predicted molar refractivity (Wildman–Crippen MR) is 108 cm³/mol. The van der Waals surface area contributed by atoms with Gasteiger partial charge in [-0.1, -0.05) is 90.9 Å². The highest BCUT2D eigenvalue weighted by atomic mass is 31.2. The Morgan fingerprint density at radius 3 is 1.36 bits per heavy atom. The van der Waals surface area contributed by atoms with Crippen LogP contribution < -0.4 is 0 Å². The highest BCUT2D eigenvalue weighted by molar-refractivity contribution is 7.45. The minimum atomic E-state index is -4.64. The van der Waals surface area contributed by atoms with Crippen molar-refractivity contribution in [1.29, 1.82) is 0 Å². The normalized spacial score (nSPS) is 12.8. The van der Waals surface area contributed by atoms with Gasteiger partial charge in [0.2, 0.25) is 0 Å². The van der Waals surface area contributed by atoms with E-state index in [0.29, 0.717) is 0 Å². The van der Waals surface area contributed by atoms with Crippen molar-refractivity contribution in [3.05, 3.63) is 0 Å². The van der Waals surface area contributed by atoms with Gasteiger partial charge in [0.1, 0.15) is 0 Å². The van der Waals surface area contributed by atoms with E-state index in [1.54, 1.807) is 0 Å². The van der Waals surface area contributed by atoms with Crippen molar-refractivity contribution < 1.29 is 19.2 Å². The summed E-state index contributed by atoms with van der Waals surface area (Å²) in [5, 5.41) is 0. The Bertz CT molecular complexity index is 300. The van der Waals surface area contributed by atoms with Gasteiger partial charge in [-0.2, -0.15) is 0 Å². The molecule has 1 atom stereocenters.